The molecule has 7 heteroatoms. The molecule has 0 unspecified atom stereocenters. The number of alkyl halides is 2. The summed E-state index contributed by atoms with van der Waals surface area (Å²) in [6.07, 6.45) is -2.94. The number of halogens is 2. The summed E-state index contributed by atoms with van der Waals surface area (Å²) in [4.78, 5) is 15.0. The van der Waals surface area contributed by atoms with E-state index in [4.69, 9.17) is 11.0 Å². The lowest BCUT2D eigenvalue weighted by atomic mass is 10.1. The van der Waals surface area contributed by atoms with Gasteiger partial charge in [-0.1, -0.05) is 0 Å². The molecule has 1 heterocycles. The van der Waals surface area contributed by atoms with Gasteiger partial charge >= 0.3 is 5.97 Å². The van der Waals surface area contributed by atoms with Gasteiger partial charge in [-0.15, -0.1) is 0 Å². The molecule has 17 heavy (non-hydrogen) atoms. The Kier molecular flexibility index (Phi) is 3.93. The van der Waals surface area contributed by atoms with Crippen molar-refractivity contribution >= 4 is 11.8 Å². The second-order valence-corrected chi connectivity index (χ2v) is 2.99. The number of rotatable bonds is 3. The molecule has 1 aromatic heterocycles. The van der Waals surface area contributed by atoms with Crippen LogP contribution in [0.2, 0.25) is 0 Å². The van der Waals surface area contributed by atoms with E-state index in [1.807, 2.05) is 0 Å². The van der Waals surface area contributed by atoms with Crippen LogP contribution in [0, 0.1) is 11.3 Å². The maximum atomic E-state index is 12.7. The molecular formula is C10H9F2N3O2. The average molecular weight is 241 g/mol. The van der Waals surface area contributed by atoms with Crippen LogP contribution in [0.4, 0.5) is 14.6 Å². The van der Waals surface area contributed by atoms with Crippen LogP contribution in [0.15, 0.2) is 6.07 Å². The first-order chi connectivity index (χ1) is 8.01. The molecule has 0 aromatic carbocycles. The minimum Gasteiger partial charge on any atom is -0.462 e. The van der Waals surface area contributed by atoms with Gasteiger partial charge in [-0.3, -0.25) is 0 Å². The average Bonchev–Trinajstić information content (AvgIpc) is 2.27. The first-order valence-corrected chi connectivity index (χ1v) is 4.67. The minimum absolute atomic E-state index is 0.0107. The van der Waals surface area contributed by atoms with Crippen LogP contribution in [0.1, 0.15) is 35.0 Å². The highest BCUT2D eigenvalue weighted by molar-refractivity contribution is 5.93. The Hall–Kier alpha value is -2.23. The minimum atomic E-state index is -2.94. The zero-order valence-corrected chi connectivity index (χ0v) is 8.91. The Morgan fingerprint density at radius 2 is 2.35 bits per heavy atom. The fourth-order valence-electron chi connectivity index (χ4n) is 1.26. The molecule has 1 aromatic rings. The molecule has 1 rings (SSSR count). The molecular weight excluding hydrogens is 232 g/mol. The predicted octanol–water partition coefficient (Wildman–Crippen LogP) is 1.65. The molecule has 90 valence electrons. The summed E-state index contributed by atoms with van der Waals surface area (Å²) in [6.45, 7) is 1.54. The van der Waals surface area contributed by atoms with E-state index in [0.29, 0.717) is 0 Å². The largest absolute Gasteiger partial charge is 0.462 e. The maximum absolute atomic E-state index is 12.7. The third kappa shape index (κ3) is 2.66. The topological polar surface area (TPSA) is 89.0 Å². The van der Waals surface area contributed by atoms with Gasteiger partial charge in [0.05, 0.1) is 6.61 Å². The van der Waals surface area contributed by atoms with Crippen molar-refractivity contribution in [3.05, 3.63) is 22.9 Å². The van der Waals surface area contributed by atoms with Crippen LogP contribution in [0.25, 0.3) is 0 Å². The van der Waals surface area contributed by atoms with E-state index in [9.17, 15) is 13.6 Å². The highest BCUT2D eigenvalue weighted by Crippen LogP contribution is 2.26. The van der Waals surface area contributed by atoms with Crippen molar-refractivity contribution in [3.8, 4) is 6.07 Å². The number of ether oxygens (including phenoxy) is 1. The summed E-state index contributed by atoms with van der Waals surface area (Å²) >= 11 is 0. The van der Waals surface area contributed by atoms with Gasteiger partial charge < -0.3 is 10.5 Å². The number of nitriles is 1. The van der Waals surface area contributed by atoms with Crippen LogP contribution in [0.5, 0.6) is 0 Å². The Morgan fingerprint density at radius 3 is 2.82 bits per heavy atom. The molecule has 2 N–H and O–H groups in total. The Labute approximate surface area is 95.8 Å². The second kappa shape index (κ2) is 5.21. The molecule has 5 nitrogen and oxygen atoms in total. The number of hydrogen-bond donors (Lipinski definition) is 1. The Bertz CT molecular complexity index is 483. The summed E-state index contributed by atoms with van der Waals surface area (Å²) in [7, 11) is 0. The first-order valence-electron chi connectivity index (χ1n) is 4.67. The van der Waals surface area contributed by atoms with Gasteiger partial charge in [-0.25, -0.2) is 18.6 Å². The number of nitrogens with two attached hydrogens (primary N) is 1. The van der Waals surface area contributed by atoms with Crippen LogP contribution in [-0.4, -0.2) is 17.6 Å². The number of esters is 1. The van der Waals surface area contributed by atoms with Crippen LogP contribution in [0.3, 0.4) is 0 Å². The van der Waals surface area contributed by atoms with E-state index >= 15 is 0 Å². The zero-order valence-electron chi connectivity index (χ0n) is 8.91. The fraction of sp³-hybridized carbons (Fsp3) is 0.300. The molecule has 0 saturated carbocycles. The number of carbonyl (C=O) groups is 1. The second-order valence-electron chi connectivity index (χ2n) is 2.99. The highest BCUT2D eigenvalue weighted by Gasteiger charge is 2.25. The summed E-state index contributed by atoms with van der Waals surface area (Å²) in [5, 5.41) is 8.75. The standard InChI is InChI=1S/C10H9F2N3O2/c1-2-17-10(16)8-5(9(11)12)3-7(14)15-6(8)4-13/h3,9H,2H2,1H3,(H2,14,15). The van der Waals surface area contributed by atoms with Crippen molar-refractivity contribution in [2.75, 3.05) is 12.3 Å². The molecule has 0 fully saturated rings. The van der Waals surface area contributed by atoms with Gasteiger partial charge in [0.2, 0.25) is 0 Å². The molecule has 0 amide bonds. The van der Waals surface area contributed by atoms with Gasteiger partial charge in [-0.05, 0) is 13.0 Å². The Balaban J connectivity index is 3.43. The van der Waals surface area contributed by atoms with E-state index in [0.717, 1.165) is 6.07 Å². The molecule has 0 aliphatic heterocycles. The van der Waals surface area contributed by atoms with E-state index in [1.54, 1.807) is 6.07 Å². The number of nitrogen functional groups attached to an aromatic ring is 1. The quantitative estimate of drug-likeness (QED) is 0.812. The van der Waals surface area contributed by atoms with E-state index in [-0.39, 0.29) is 12.4 Å². The molecule has 0 bridgehead atoms. The molecule has 0 atom stereocenters. The molecule has 0 spiro atoms. The monoisotopic (exact) mass is 241 g/mol. The van der Waals surface area contributed by atoms with Crippen molar-refractivity contribution in [3.63, 3.8) is 0 Å². The van der Waals surface area contributed by atoms with Crippen LogP contribution in [-0.2, 0) is 4.74 Å². The smallest absolute Gasteiger partial charge is 0.341 e. The molecule has 0 saturated heterocycles. The van der Waals surface area contributed by atoms with Crippen LogP contribution < -0.4 is 5.73 Å². The van der Waals surface area contributed by atoms with Crippen molar-refractivity contribution in [2.45, 2.75) is 13.3 Å². The number of pyridine rings is 1. The van der Waals surface area contributed by atoms with Crippen molar-refractivity contribution in [1.29, 1.82) is 5.26 Å². The number of nitrogens with zero attached hydrogens (tertiary/aromatic N) is 2. The normalized spacial score (nSPS) is 10.1. The van der Waals surface area contributed by atoms with Crippen molar-refractivity contribution in [1.82, 2.24) is 4.98 Å². The van der Waals surface area contributed by atoms with Crippen LogP contribution >= 0.6 is 0 Å². The summed E-state index contributed by atoms with van der Waals surface area (Å²) in [5.41, 5.74) is 3.63. The molecule has 0 radical (unpaired) electrons. The lowest BCUT2D eigenvalue weighted by Gasteiger charge is -2.09. The Morgan fingerprint density at radius 1 is 1.71 bits per heavy atom. The highest BCUT2D eigenvalue weighted by atomic mass is 19.3. The lowest BCUT2D eigenvalue weighted by Crippen LogP contribution is -2.13. The number of anilines is 1. The van der Waals surface area contributed by atoms with Gasteiger partial charge in [-0.2, -0.15) is 5.26 Å². The maximum Gasteiger partial charge on any atom is 0.341 e. The van der Waals surface area contributed by atoms with Gasteiger partial charge in [0.1, 0.15) is 17.5 Å². The molecule has 0 aliphatic carbocycles. The SMILES string of the molecule is CCOC(=O)c1c(C(F)F)cc(N)nc1C#N. The predicted molar refractivity (Wildman–Crippen MR) is 54.3 cm³/mol. The van der Waals surface area contributed by atoms with Gasteiger partial charge in [0.25, 0.3) is 6.43 Å². The lowest BCUT2D eigenvalue weighted by molar-refractivity contribution is 0.0514. The van der Waals surface area contributed by atoms with Crippen molar-refractivity contribution in [2.24, 2.45) is 0 Å². The zero-order chi connectivity index (χ0) is 13.0. The summed E-state index contributed by atoms with van der Waals surface area (Å²) in [6, 6.07) is 2.40. The third-order valence-corrected chi connectivity index (χ3v) is 1.89. The fourth-order valence-corrected chi connectivity index (χ4v) is 1.26. The van der Waals surface area contributed by atoms with Gasteiger partial charge in [0, 0.05) is 5.56 Å². The summed E-state index contributed by atoms with van der Waals surface area (Å²) in [5.74, 6) is -1.25. The molecule has 0 aliphatic rings. The first kappa shape index (κ1) is 12.8. The summed E-state index contributed by atoms with van der Waals surface area (Å²) < 4.78 is 30.0. The number of aromatic nitrogens is 1. The van der Waals surface area contributed by atoms with Crippen molar-refractivity contribution < 1.29 is 18.3 Å². The van der Waals surface area contributed by atoms with E-state index in [1.165, 1.54) is 6.92 Å². The van der Waals surface area contributed by atoms with E-state index in [2.05, 4.69) is 9.72 Å². The number of carbonyl (C=O) groups excluding carboxylic acids is 1. The third-order valence-electron chi connectivity index (χ3n) is 1.89. The number of hydrogen-bond acceptors (Lipinski definition) is 5. The van der Waals surface area contributed by atoms with E-state index < -0.39 is 29.2 Å². The van der Waals surface area contributed by atoms with Gasteiger partial charge in [0.15, 0.2) is 5.69 Å².